The molecular weight excluding hydrogens is 230 g/mol. The second kappa shape index (κ2) is 5.59. The van der Waals surface area contributed by atoms with Crippen molar-refractivity contribution < 1.29 is 14.6 Å². The molecule has 1 aromatic rings. The van der Waals surface area contributed by atoms with Crippen molar-refractivity contribution in [3.63, 3.8) is 0 Å². The summed E-state index contributed by atoms with van der Waals surface area (Å²) in [5, 5.41) is 9.26. The summed E-state index contributed by atoms with van der Waals surface area (Å²) in [6.45, 7) is 1.20. The summed E-state index contributed by atoms with van der Waals surface area (Å²) in [4.78, 5) is 2.28. The number of rotatable bonds is 4. The highest BCUT2D eigenvalue weighted by Gasteiger charge is 2.30. The van der Waals surface area contributed by atoms with Gasteiger partial charge < -0.3 is 14.6 Å². The first kappa shape index (κ1) is 13.2. The van der Waals surface area contributed by atoms with E-state index in [1.807, 2.05) is 12.1 Å². The normalized spacial score (nSPS) is 24.2. The lowest BCUT2D eigenvalue weighted by molar-refractivity contribution is 0.227. The third-order valence-corrected chi connectivity index (χ3v) is 3.69. The van der Waals surface area contributed by atoms with Gasteiger partial charge in [0.1, 0.15) is 0 Å². The fourth-order valence-electron chi connectivity index (χ4n) is 2.69. The molecule has 0 aliphatic carbocycles. The first-order chi connectivity index (χ1) is 8.69. The highest BCUT2D eigenvalue weighted by molar-refractivity contribution is 5.44. The number of methoxy groups -OCH3 is 2. The molecule has 4 nitrogen and oxygen atoms in total. The van der Waals surface area contributed by atoms with Crippen molar-refractivity contribution in [2.24, 2.45) is 5.92 Å². The van der Waals surface area contributed by atoms with Gasteiger partial charge in [0.05, 0.1) is 14.2 Å². The molecule has 1 saturated heterocycles. The quantitative estimate of drug-likeness (QED) is 0.884. The number of hydrogen-bond acceptors (Lipinski definition) is 4. The minimum Gasteiger partial charge on any atom is -0.493 e. The zero-order chi connectivity index (χ0) is 13.1. The van der Waals surface area contributed by atoms with Crippen molar-refractivity contribution in [2.75, 3.05) is 34.4 Å². The summed E-state index contributed by atoms with van der Waals surface area (Å²) in [6.07, 6.45) is 0.989. The Morgan fingerprint density at radius 3 is 2.56 bits per heavy atom. The van der Waals surface area contributed by atoms with Crippen LogP contribution in [0.25, 0.3) is 0 Å². The van der Waals surface area contributed by atoms with Crippen LogP contribution in [-0.4, -0.2) is 44.4 Å². The van der Waals surface area contributed by atoms with Crippen LogP contribution in [0.15, 0.2) is 18.2 Å². The molecule has 1 aromatic carbocycles. The molecule has 0 amide bonds. The number of ether oxygens (including phenoxy) is 2. The lowest BCUT2D eigenvalue weighted by Crippen LogP contribution is -2.19. The Morgan fingerprint density at radius 2 is 2.00 bits per heavy atom. The molecule has 0 unspecified atom stereocenters. The number of aliphatic hydroxyl groups excluding tert-OH is 1. The second-order valence-electron chi connectivity index (χ2n) is 4.85. The van der Waals surface area contributed by atoms with E-state index in [1.165, 1.54) is 5.56 Å². The van der Waals surface area contributed by atoms with Crippen molar-refractivity contribution in [1.82, 2.24) is 4.90 Å². The van der Waals surface area contributed by atoms with Gasteiger partial charge in [0.25, 0.3) is 0 Å². The number of hydrogen-bond donors (Lipinski definition) is 1. The zero-order valence-electron chi connectivity index (χ0n) is 11.2. The van der Waals surface area contributed by atoms with E-state index in [2.05, 4.69) is 18.0 Å². The van der Waals surface area contributed by atoms with Crippen molar-refractivity contribution in [1.29, 1.82) is 0 Å². The van der Waals surface area contributed by atoms with Gasteiger partial charge in [-0.05, 0) is 37.1 Å². The standard InChI is InChI=1S/C14H21NO3/c1-15-8-10(9-16)6-12(15)11-4-5-13(17-2)14(7-11)18-3/h4-5,7,10,12,16H,6,8-9H2,1-3H3/t10-,12+/m0/s1. The van der Waals surface area contributed by atoms with Crippen molar-refractivity contribution in [2.45, 2.75) is 12.5 Å². The molecule has 0 radical (unpaired) electrons. The van der Waals surface area contributed by atoms with Crippen molar-refractivity contribution in [3.8, 4) is 11.5 Å². The van der Waals surface area contributed by atoms with Gasteiger partial charge in [-0.25, -0.2) is 0 Å². The fourth-order valence-corrected chi connectivity index (χ4v) is 2.69. The van der Waals surface area contributed by atoms with Crippen LogP contribution < -0.4 is 9.47 Å². The molecule has 1 fully saturated rings. The van der Waals surface area contributed by atoms with Gasteiger partial charge in [0.2, 0.25) is 0 Å². The maximum absolute atomic E-state index is 9.26. The minimum atomic E-state index is 0.258. The zero-order valence-corrected chi connectivity index (χ0v) is 11.2. The van der Waals surface area contributed by atoms with Gasteiger partial charge in [-0.3, -0.25) is 4.90 Å². The molecule has 4 heteroatoms. The average molecular weight is 251 g/mol. The number of benzene rings is 1. The smallest absolute Gasteiger partial charge is 0.161 e. The highest BCUT2D eigenvalue weighted by atomic mass is 16.5. The molecule has 2 atom stereocenters. The third kappa shape index (κ3) is 2.44. The lowest BCUT2D eigenvalue weighted by Gasteiger charge is -2.20. The summed E-state index contributed by atoms with van der Waals surface area (Å²) < 4.78 is 10.6. The summed E-state index contributed by atoms with van der Waals surface area (Å²) in [5.74, 6) is 1.88. The SMILES string of the molecule is COc1ccc([C@H]2C[C@H](CO)CN2C)cc1OC. The van der Waals surface area contributed by atoms with E-state index in [9.17, 15) is 5.11 Å². The number of aliphatic hydroxyl groups is 1. The summed E-state index contributed by atoms with van der Waals surface area (Å²) in [5.41, 5.74) is 1.21. The molecule has 0 aromatic heterocycles. The van der Waals surface area contributed by atoms with E-state index in [1.54, 1.807) is 14.2 Å². The largest absolute Gasteiger partial charge is 0.493 e. The van der Waals surface area contributed by atoms with Gasteiger partial charge in [-0.15, -0.1) is 0 Å². The van der Waals surface area contributed by atoms with E-state index in [4.69, 9.17) is 9.47 Å². The predicted molar refractivity (Wildman–Crippen MR) is 70.1 cm³/mol. The van der Waals surface area contributed by atoms with E-state index >= 15 is 0 Å². The van der Waals surface area contributed by atoms with Crippen LogP contribution in [0.4, 0.5) is 0 Å². The topological polar surface area (TPSA) is 41.9 Å². The van der Waals surface area contributed by atoms with Crippen molar-refractivity contribution >= 4 is 0 Å². The highest BCUT2D eigenvalue weighted by Crippen LogP contribution is 2.37. The molecule has 1 aliphatic rings. The van der Waals surface area contributed by atoms with Crippen LogP contribution in [0.5, 0.6) is 11.5 Å². The molecule has 1 heterocycles. The van der Waals surface area contributed by atoms with Gasteiger partial charge in [-0.1, -0.05) is 6.07 Å². The van der Waals surface area contributed by atoms with E-state index in [-0.39, 0.29) is 6.61 Å². The van der Waals surface area contributed by atoms with Crippen LogP contribution in [0, 0.1) is 5.92 Å². The Balaban J connectivity index is 2.23. The van der Waals surface area contributed by atoms with E-state index in [0.29, 0.717) is 12.0 Å². The molecule has 2 rings (SSSR count). The van der Waals surface area contributed by atoms with E-state index in [0.717, 1.165) is 24.5 Å². The summed E-state index contributed by atoms with van der Waals surface area (Å²) in [7, 11) is 5.38. The lowest BCUT2D eigenvalue weighted by atomic mass is 10.00. The molecule has 0 saturated carbocycles. The Kier molecular flexibility index (Phi) is 4.09. The monoisotopic (exact) mass is 251 g/mol. The Labute approximate surface area is 108 Å². The van der Waals surface area contributed by atoms with Crippen LogP contribution in [-0.2, 0) is 0 Å². The molecule has 18 heavy (non-hydrogen) atoms. The summed E-state index contributed by atoms with van der Waals surface area (Å²) >= 11 is 0. The van der Waals surface area contributed by atoms with Gasteiger partial charge in [0.15, 0.2) is 11.5 Å². The third-order valence-electron chi connectivity index (χ3n) is 3.69. The predicted octanol–water partition coefficient (Wildman–Crippen LogP) is 1.69. The Hall–Kier alpha value is -1.26. The number of nitrogens with zero attached hydrogens (tertiary/aromatic N) is 1. The van der Waals surface area contributed by atoms with Crippen LogP contribution in [0.2, 0.25) is 0 Å². The van der Waals surface area contributed by atoms with Gasteiger partial charge in [-0.2, -0.15) is 0 Å². The number of likely N-dealkylation sites (tertiary alicyclic amines) is 1. The molecule has 1 aliphatic heterocycles. The van der Waals surface area contributed by atoms with Gasteiger partial charge >= 0.3 is 0 Å². The molecular formula is C14H21NO3. The molecule has 0 bridgehead atoms. The molecule has 0 spiro atoms. The Morgan fingerprint density at radius 1 is 1.28 bits per heavy atom. The summed E-state index contributed by atoms with van der Waals surface area (Å²) in [6, 6.07) is 6.39. The first-order valence-electron chi connectivity index (χ1n) is 6.22. The van der Waals surface area contributed by atoms with E-state index < -0.39 is 0 Å². The molecule has 1 N–H and O–H groups in total. The maximum Gasteiger partial charge on any atom is 0.161 e. The van der Waals surface area contributed by atoms with Gasteiger partial charge in [0, 0.05) is 19.2 Å². The van der Waals surface area contributed by atoms with Crippen LogP contribution >= 0.6 is 0 Å². The molecule has 100 valence electrons. The van der Waals surface area contributed by atoms with Crippen LogP contribution in [0.1, 0.15) is 18.0 Å². The minimum absolute atomic E-state index is 0.258. The Bertz CT molecular complexity index is 408. The fraction of sp³-hybridized carbons (Fsp3) is 0.571. The van der Waals surface area contributed by atoms with Crippen LogP contribution in [0.3, 0.4) is 0 Å². The van der Waals surface area contributed by atoms with Crippen molar-refractivity contribution in [3.05, 3.63) is 23.8 Å². The first-order valence-corrected chi connectivity index (χ1v) is 6.22. The maximum atomic E-state index is 9.26. The second-order valence-corrected chi connectivity index (χ2v) is 4.85. The average Bonchev–Trinajstić information content (AvgIpc) is 2.79.